The molecule has 1 aromatic carbocycles. The highest BCUT2D eigenvalue weighted by molar-refractivity contribution is 7.89. The third-order valence-corrected chi connectivity index (χ3v) is 5.37. The first-order valence-electron chi connectivity index (χ1n) is 6.39. The van der Waals surface area contributed by atoms with Crippen LogP contribution in [0.15, 0.2) is 23.1 Å². The minimum absolute atomic E-state index is 0.132. The number of nitrogens with zero attached hydrogens (tertiary/aromatic N) is 1. The summed E-state index contributed by atoms with van der Waals surface area (Å²) in [5.41, 5.74) is -0.905. The molecule has 0 radical (unpaired) electrons. The Hall–Kier alpha value is -1.05. The molecule has 1 aromatic rings. The molecule has 0 spiro atoms. The van der Waals surface area contributed by atoms with Gasteiger partial charge in [0.15, 0.2) is 0 Å². The van der Waals surface area contributed by atoms with E-state index in [1.807, 2.05) is 0 Å². The topological polar surface area (TPSA) is 57.6 Å². The first-order valence-corrected chi connectivity index (χ1v) is 7.83. The van der Waals surface area contributed by atoms with Gasteiger partial charge in [-0.15, -0.1) is 0 Å². The molecule has 0 bridgehead atoms. The first-order chi connectivity index (χ1) is 9.21. The van der Waals surface area contributed by atoms with Gasteiger partial charge in [-0.25, -0.2) is 17.2 Å². The molecule has 4 nitrogen and oxygen atoms in total. The molecule has 1 fully saturated rings. The highest BCUT2D eigenvalue weighted by atomic mass is 32.2. The second-order valence-corrected chi connectivity index (χ2v) is 7.30. The number of hydrogen-bond donors (Lipinski definition) is 1. The lowest BCUT2D eigenvalue weighted by atomic mass is 9.98. The predicted molar refractivity (Wildman–Crippen MR) is 69.6 cm³/mol. The van der Waals surface area contributed by atoms with Crippen molar-refractivity contribution < 1.29 is 22.3 Å². The van der Waals surface area contributed by atoms with E-state index in [1.54, 1.807) is 6.92 Å². The lowest BCUT2D eigenvalue weighted by molar-refractivity contribution is 0.0465. The van der Waals surface area contributed by atoms with Crippen molar-refractivity contribution in [2.24, 2.45) is 0 Å². The van der Waals surface area contributed by atoms with Crippen LogP contribution in [0.25, 0.3) is 0 Å². The van der Waals surface area contributed by atoms with Crippen molar-refractivity contribution >= 4 is 10.0 Å². The van der Waals surface area contributed by atoms with Crippen LogP contribution in [-0.2, 0) is 10.0 Å². The summed E-state index contributed by atoms with van der Waals surface area (Å²) in [6, 6.07) is 2.25. The number of benzene rings is 1. The van der Waals surface area contributed by atoms with Crippen molar-refractivity contribution in [1.29, 1.82) is 0 Å². The fourth-order valence-corrected chi connectivity index (χ4v) is 3.83. The standard InChI is InChI=1S/C13H17F2NO3S/c1-13(17)3-2-5-16(6-4-13)20(18,19)12-8-10(14)7-11(15)9-12/h7-9,17H,2-6H2,1H3. The van der Waals surface area contributed by atoms with Crippen LogP contribution in [0, 0.1) is 11.6 Å². The molecule has 1 saturated heterocycles. The largest absolute Gasteiger partial charge is 0.390 e. The highest BCUT2D eigenvalue weighted by Gasteiger charge is 2.31. The van der Waals surface area contributed by atoms with E-state index in [4.69, 9.17) is 0 Å². The fourth-order valence-electron chi connectivity index (χ4n) is 2.31. The van der Waals surface area contributed by atoms with E-state index >= 15 is 0 Å². The van der Waals surface area contributed by atoms with Gasteiger partial charge in [0.1, 0.15) is 11.6 Å². The van der Waals surface area contributed by atoms with Crippen LogP contribution in [0.2, 0.25) is 0 Å². The molecule has 0 aromatic heterocycles. The summed E-state index contributed by atoms with van der Waals surface area (Å²) in [5, 5.41) is 9.96. The van der Waals surface area contributed by atoms with Crippen molar-refractivity contribution in [3.63, 3.8) is 0 Å². The van der Waals surface area contributed by atoms with Crippen LogP contribution in [0.3, 0.4) is 0 Å². The molecular formula is C13H17F2NO3S. The van der Waals surface area contributed by atoms with Gasteiger partial charge in [-0.3, -0.25) is 0 Å². The summed E-state index contributed by atoms with van der Waals surface area (Å²) < 4.78 is 52.2. The normalized spacial score (nSPS) is 25.4. The van der Waals surface area contributed by atoms with E-state index in [0.717, 1.165) is 12.1 Å². The molecule has 1 heterocycles. The zero-order chi connectivity index (χ0) is 15.0. The van der Waals surface area contributed by atoms with Crippen molar-refractivity contribution in [3.05, 3.63) is 29.8 Å². The van der Waals surface area contributed by atoms with Gasteiger partial charge in [0.2, 0.25) is 10.0 Å². The Morgan fingerprint density at radius 2 is 1.75 bits per heavy atom. The van der Waals surface area contributed by atoms with Crippen LogP contribution in [0.5, 0.6) is 0 Å². The molecule has 1 unspecified atom stereocenters. The van der Waals surface area contributed by atoms with E-state index in [0.29, 0.717) is 25.3 Å². The summed E-state index contributed by atoms with van der Waals surface area (Å²) in [5.74, 6) is -1.85. The second kappa shape index (κ2) is 5.38. The number of rotatable bonds is 2. The van der Waals surface area contributed by atoms with E-state index in [2.05, 4.69) is 0 Å². The molecule has 1 atom stereocenters. The second-order valence-electron chi connectivity index (χ2n) is 5.36. The summed E-state index contributed by atoms with van der Waals surface area (Å²) in [6.07, 6.45) is 1.30. The molecule has 1 N–H and O–H groups in total. The molecule has 0 aliphatic carbocycles. The molecule has 20 heavy (non-hydrogen) atoms. The van der Waals surface area contributed by atoms with Crippen molar-refractivity contribution in [2.75, 3.05) is 13.1 Å². The summed E-state index contributed by atoms with van der Waals surface area (Å²) in [6.45, 7) is 2.02. The van der Waals surface area contributed by atoms with E-state index in [1.165, 1.54) is 4.31 Å². The first kappa shape index (κ1) is 15.3. The van der Waals surface area contributed by atoms with Crippen molar-refractivity contribution in [1.82, 2.24) is 4.31 Å². The van der Waals surface area contributed by atoms with Crippen molar-refractivity contribution in [2.45, 2.75) is 36.7 Å². The van der Waals surface area contributed by atoms with Gasteiger partial charge in [-0.1, -0.05) is 0 Å². The third kappa shape index (κ3) is 3.34. The highest BCUT2D eigenvalue weighted by Crippen LogP contribution is 2.26. The minimum Gasteiger partial charge on any atom is -0.390 e. The minimum atomic E-state index is -3.94. The molecule has 0 saturated carbocycles. The van der Waals surface area contributed by atoms with Gasteiger partial charge < -0.3 is 5.11 Å². The monoisotopic (exact) mass is 305 g/mol. The molecule has 7 heteroatoms. The van der Waals surface area contributed by atoms with E-state index in [-0.39, 0.29) is 13.1 Å². The Balaban J connectivity index is 2.30. The number of halogens is 2. The van der Waals surface area contributed by atoms with Crippen LogP contribution < -0.4 is 0 Å². The van der Waals surface area contributed by atoms with Gasteiger partial charge in [-0.05, 0) is 38.3 Å². The maximum absolute atomic E-state index is 13.2. The van der Waals surface area contributed by atoms with Gasteiger partial charge >= 0.3 is 0 Å². The molecular weight excluding hydrogens is 288 g/mol. The molecule has 0 amide bonds. The molecule has 112 valence electrons. The van der Waals surface area contributed by atoms with Crippen LogP contribution >= 0.6 is 0 Å². The molecule has 1 aliphatic rings. The predicted octanol–water partition coefficient (Wildman–Crippen LogP) is 1.89. The maximum atomic E-state index is 13.2. The zero-order valence-electron chi connectivity index (χ0n) is 11.1. The van der Waals surface area contributed by atoms with Gasteiger partial charge in [0.05, 0.1) is 10.5 Å². The van der Waals surface area contributed by atoms with E-state index < -0.39 is 32.2 Å². The van der Waals surface area contributed by atoms with Crippen LogP contribution in [-0.4, -0.2) is 36.5 Å². The van der Waals surface area contributed by atoms with Crippen LogP contribution in [0.1, 0.15) is 26.2 Å². The number of hydrogen-bond acceptors (Lipinski definition) is 3. The Bertz CT molecular complexity index is 581. The Labute approximate surface area is 117 Å². The fraction of sp³-hybridized carbons (Fsp3) is 0.538. The lowest BCUT2D eigenvalue weighted by Crippen LogP contribution is -2.33. The van der Waals surface area contributed by atoms with Crippen LogP contribution in [0.4, 0.5) is 8.78 Å². The zero-order valence-corrected chi connectivity index (χ0v) is 12.0. The van der Waals surface area contributed by atoms with Crippen molar-refractivity contribution in [3.8, 4) is 0 Å². The number of sulfonamides is 1. The molecule has 2 rings (SSSR count). The summed E-state index contributed by atoms with van der Waals surface area (Å²) in [7, 11) is -3.94. The average molecular weight is 305 g/mol. The molecule has 1 aliphatic heterocycles. The third-order valence-electron chi connectivity index (χ3n) is 3.50. The Morgan fingerprint density at radius 1 is 1.15 bits per heavy atom. The summed E-state index contributed by atoms with van der Waals surface area (Å²) in [4.78, 5) is -0.392. The van der Waals surface area contributed by atoms with Gasteiger partial charge in [-0.2, -0.15) is 4.31 Å². The Kier molecular flexibility index (Phi) is 4.13. The summed E-state index contributed by atoms with van der Waals surface area (Å²) >= 11 is 0. The average Bonchev–Trinajstić information content (AvgIpc) is 2.49. The smallest absolute Gasteiger partial charge is 0.243 e. The number of aliphatic hydroxyl groups is 1. The van der Waals surface area contributed by atoms with Gasteiger partial charge in [0.25, 0.3) is 0 Å². The van der Waals surface area contributed by atoms with E-state index in [9.17, 15) is 22.3 Å². The maximum Gasteiger partial charge on any atom is 0.243 e. The van der Waals surface area contributed by atoms with Gasteiger partial charge in [0, 0.05) is 19.2 Å². The SMILES string of the molecule is CC1(O)CCCN(S(=O)(=O)c2cc(F)cc(F)c2)CC1. The Morgan fingerprint density at radius 3 is 2.35 bits per heavy atom. The quantitative estimate of drug-likeness (QED) is 0.908. The lowest BCUT2D eigenvalue weighted by Gasteiger charge is -2.22.